The summed E-state index contributed by atoms with van der Waals surface area (Å²) in [6, 6.07) is 5.10. The van der Waals surface area contributed by atoms with Crippen molar-refractivity contribution in [1.29, 1.82) is 0 Å². The first-order valence-corrected chi connectivity index (χ1v) is 9.60. The predicted molar refractivity (Wildman–Crippen MR) is 98.1 cm³/mol. The second-order valence-electron chi connectivity index (χ2n) is 7.32. The number of imide groups is 1. The lowest BCUT2D eigenvalue weighted by molar-refractivity contribution is -0.148. The molecule has 1 saturated carbocycles. The number of ether oxygens (including phenoxy) is 2. The lowest BCUT2D eigenvalue weighted by atomic mass is 9.73. The van der Waals surface area contributed by atoms with Gasteiger partial charge in [0.15, 0.2) is 0 Å². The Morgan fingerprint density at radius 2 is 2.00 bits per heavy atom. The van der Waals surface area contributed by atoms with Gasteiger partial charge in [0.1, 0.15) is 23.7 Å². The Morgan fingerprint density at radius 3 is 2.71 bits per heavy atom. The summed E-state index contributed by atoms with van der Waals surface area (Å²) in [7, 11) is 0. The minimum atomic E-state index is -0.876. The molecule has 0 bridgehead atoms. The third-order valence-electron chi connectivity index (χ3n) is 5.42. The van der Waals surface area contributed by atoms with E-state index in [-0.39, 0.29) is 24.2 Å². The van der Waals surface area contributed by atoms with E-state index >= 15 is 0 Å². The number of hydrogen-bond acceptors (Lipinski definition) is 5. The van der Waals surface area contributed by atoms with Gasteiger partial charge in [-0.05, 0) is 43.0 Å². The van der Waals surface area contributed by atoms with Crippen molar-refractivity contribution >= 4 is 17.9 Å². The minimum Gasteiger partial charge on any atom is -0.493 e. The number of carbonyl (C=O) groups excluding carboxylic acids is 3. The molecule has 7 nitrogen and oxygen atoms in total. The number of halogens is 1. The SMILES string of the molecule is C[C@@H]1CCCC[C@]12NC(=O)N(CC(=O)OCCCOc1ccc(F)cc1)C2=O. The Kier molecular flexibility index (Phi) is 6.16. The van der Waals surface area contributed by atoms with Crippen LogP contribution >= 0.6 is 0 Å². The van der Waals surface area contributed by atoms with Crippen LogP contribution in [0.1, 0.15) is 39.0 Å². The topological polar surface area (TPSA) is 84.9 Å². The van der Waals surface area contributed by atoms with E-state index in [1.807, 2.05) is 6.92 Å². The van der Waals surface area contributed by atoms with Crippen LogP contribution in [0.3, 0.4) is 0 Å². The first-order chi connectivity index (χ1) is 13.4. The first-order valence-electron chi connectivity index (χ1n) is 9.60. The Morgan fingerprint density at radius 1 is 1.25 bits per heavy atom. The normalized spacial score (nSPS) is 24.4. The maximum absolute atomic E-state index is 12.8. The summed E-state index contributed by atoms with van der Waals surface area (Å²) in [5, 5.41) is 2.81. The van der Waals surface area contributed by atoms with E-state index in [0.29, 0.717) is 25.2 Å². The maximum atomic E-state index is 12.8. The molecule has 1 saturated heterocycles. The lowest BCUT2D eigenvalue weighted by Gasteiger charge is -2.36. The highest BCUT2D eigenvalue weighted by molar-refractivity contribution is 6.08. The van der Waals surface area contributed by atoms with Gasteiger partial charge >= 0.3 is 12.0 Å². The molecule has 3 amide bonds. The van der Waals surface area contributed by atoms with Gasteiger partial charge in [-0.25, -0.2) is 9.18 Å². The van der Waals surface area contributed by atoms with Crippen molar-refractivity contribution in [2.75, 3.05) is 19.8 Å². The second kappa shape index (κ2) is 8.58. The lowest BCUT2D eigenvalue weighted by Crippen LogP contribution is -2.54. The zero-order valence-corrected chi connectivity index (χ0v) is 15.9. The number of hydrogen-bond donors (Lipinski definition) is 1. The third kappa shape index (κ3) is 4.26. The average Bonchev–Trinajstić information content (AvgIpc) is 2.90. The van der Waals surface area contributed by atoms with Gasteiger partial charge < -0.3 is 14.8 Å². The van der Waals surface area contributed by atoms with Gasteiger partial charge in [-0.15, -0.1) is 0 Å². The van der Waals surface area contributed by atoms with Crippen LogP contribution in [-0.2, 0) is 14.3 Å². The summed E-state index contributed by atoms with van der Waals surface area (Å²) in [6.07, 6.45) is 3.82. The minimum absolute atomic E-state index is 0.0438. The summed E-state index contributed by atoms with van der Waals surface area (Å²) < 4.78 is 23.3. The van der Waals surface area contributed by atoms with E-state index in [1.165, 1.54) is 24.3 Å². The number of amides is 3. The first kappa shape index (κ1) is 20.1. The molecule has 2 aliphatic rings. The highest BCUT2D eigenvalue weighted by atomic mass is 19.1. The third-order valence-corrected chi connectivity index (χ3v) is 5.42. The van der Waals surface area contributed by atoms with Crippen LogP contribution in [0.5, 0.6) is 5.75 Å². The van der Waals surface area contributed by atoms with Gasteiger partial charge in [0.25, 0.3) is 5.91 Å². The molecule has 8 heteroatoms. The molecule has 1 aromatic rings. The molecule has 28 heavy (non-hydrogen) atoms. The number of nitrogens with one attached hydrogen (secondary N) is 1. The molecular weight excluding hydrogens is 367 g/mol. The molecule has 1 N–H and O–H groups in total. The predicted octanol–water partition coefficient (Wildman–Crippen LogP) is 2.64. The van der Waals surface area contributed by atoms with Crippen molar-refractivity contribution < 1.29 is 28.2 Å². The Hall–Kier alpha value is -2.64. The van der Waals surface area contributed by atoms with E-state index in [4.69, 9.17) is 9.47 Å². The van der Waals surface area contributed by atoms with Crippen LogP contribution in [0.2, 0.25) is 0 Å². The van der Waals surface area contributed by atoms with Crippen molar-refractivity contribution in [2.24, 2.45) is 5.92 Å². The molecule has 1 aliphatic carbocycles. The standard InChI is InChI=1S/C20H25FN2O5/c1-14-5-2-3-10-20(14)18(25)23(19(26)22-20)13-17(24)28-12-4-11-27-16-8-6-15(21)7-9-16/h6-9,14H,2-5,10-13H2,1H3,(H,22,26)/t14-,20+/m1/s1. The van der Waals surface area contributed by atoms with Crippen LogP contribution < -0.4 is 10.1 Å². The monoisotopic (exact) mass is 392 g/mol. The summed E-state index contributed by atoms with van der Waals surface area (Å²) in [5.74, 6) is -0.737. The molecule has 0 aromatic heterocycles. The fraction of sp³-hybridized carbons (Fsp3) is 0.550. The molecule has 2 fully saturated rings. The van der Waals surface area contributed by atoms with E-state index in [9.17, 15) is 18.8 Å². The number of benzene rings is 1. The van der Waals surface area contributed by atoms with Crippen molar-refractivity contribution in [3.05, 3.63) is 30.1 Å². The Balaban J connectivity index is 1.41. The molecule has 1 heterocycles. The number of carbonyl (C=O) groups is 3. The molecule has 3 rings (SSSR count). The quantitative estimate of drug-likeness (QED) is 0.438. The molecular formula is C20H25FN2O5. The zero-order chi connectivity index (χ0) is 20.1. The highest BCUT2D eigenvalue weighted by Gasteiger charge is 2.55. The number of nitrogens with zero attached hydrogens (tertiary/aromatic N) is 1. The van der Waals surface area contributed by atoms with Gasteiger partial charge in [0, 0.05) is 6.42 Å². The smallest absolute Gasteiger partial charge is 0.326 e. The van der Waals surface area contributed by atoms with Crippen molar-refractivity contribution in [2.45, 2.75) is 44.6 Å². The second-order valence-corrected chi connectivity index (χ2v) is 7.32. The van der Waals surface area contributed by atoms with Crippen LogP contribution in [0.25, 0.3) is 0 Å². The largest absolute Gasteiger partial charge is 0.493 e. The van der Waals surface area contributed by atoms with Crippen LogP contribution in [0.15, 0.2) is 24.3 Å². The highest BCUT2D eigenvalue weighted by Crippen LogP contribution is 2.38. The fourth-order valence-electron chi connectivity index (χ4n) is 3.78. The van der Waals surface area contributed by atoms with Crippen molar-refractivity contribution in [3.63, 3.8) is 0 Å². The number of rotatable bonds is 7. The van der Waals surface area contributed by atoms with Crippen LogP contribution in [-0.4, -0.2) is 48.1 Å². The van der Waals surface area contributed by atoms with Crippen LogP contribution in [0, 0.1) is 11.7 Å². The zero-order valence-electron chi connectivity index (χ0n) is 15.9. The van der Waals surface area contributed by atoms with Gasteiger partial charge in [0.05, 0.1) is 13.2 Å². The fourth-order valence-corrected chi connectivity index (χ4v) is 3.78. The van der Waals surface area contributed by atoms with E-state index in [1.54, 1.807) is 0 Å². The van der Waals surface area contributed by atoms with Crippen LogP contribution in [0.4, 0.5) is 9.18 Å². The van der Waals surface area contributed by atoms with E-state index < -0.39 is 24.1 Å². The molecule has 0 radical (unpaired) electrons. The molecule has 2 atom stereocenters. The molecule has 152 valence electrons. The van der Waals surface area contributed by atoms with Crippen molar-refractivity contribution in [3.8, 4) is 5.75 Å². The van der Waals surface area contributed by atoms with Gasteiger partial charge in [-0.2, -0.15) is 0 Å². The van der Waals surface area contributed by atoms with Gasteiger partial charge in [-0.1, -0.05) is 19.8 Å². The van der Waals surface area contributed by atoms with E-state index in [2.05, 4.69) is 5.32 Å². The van der Waals surface area contributed by atoms with Gasteiger partial charge in [0.2, 0.25) is 0 Å². The summed E-state index contributed by atoms with van der Waals surface area (Å²) in [5.41, 5.74) is -0.876. The Labute approximate surface area is 163 Å². The average molecular weight is 392 g/mol. The molecule has 1 aromatic carbocycles. The Bertz CT molecular complexity index is 739. The molecule has 1 aliphatic heterocycles. The van der Waals surface area contributed by atoms with E-state index in [0.717, 1.165) is 24.2 Å². The summed E-state index contributed by atoms with van der Waals surface area (Å²) in [4.78, 5) is 38.0. The molecule has 1 spiro atoms. The molecule has 0 unspecified atom stereocenters. The summed E-state index contributed by atoms with van der Waals surface area (Å²) >= 11 is 0. The summed E-state index contributed by atoms with van der Waals surface area (Å²) in [6.45, 7) is 1.96. The number of esters is 1. The maximum Gasteiger partial charge on any atom is 0.326 e. The number of urea groups is 1. The van der Waals surface area contributed by atoms with Gasteiger partial charge in [-0.3, -0.25) is 14.5 Å². The van der Waals surface area contributed by atoms with Crippen molar-refractivity contribution in [1.82, 2.24) is 10.2 Å².